The summed E-state index contributed by atoms with van der Waals surface area (Å²) in [6.45, 7) is 6.15. The Morgan fingerprint density at radius 3 is 2.55 bits per heavy atom. The largest absolute Gasteiger partial charge is 0.317 e. The predicted octanol–water partition coefficient (Wildman–Crippen LogP) is 3.21. The molecule has 1 aromatic rings. The maximum absolute atomic E-state index is 3.46. The van der Waals surface area contributed by atoms with Crippen LogP contribution in [0.25, 0.3) is 0 Å². The van der Waals surface area contributed by atoms with Gasteiger partial charge in [0.25, 0.3) is 0 Å². The second-order valence-electron chi connectivity index (χ2n) is 6.55. The maximum atomic E-state index is 3.46. The number of benzene rings is 1. The molecule has 0 saturated carbocycles. The Hall–Kier alpha value is -0.860. The number of likely N-dealkylation sites (tertiary alicyclic amines) is 1. The number of nitrogens with one attached hydrogen (secondary N) is 1. The molecule has 2 saturated heterocycles. The first kappa shape index (κ1) is 14.1. The van der Waals surface area contributed by atoms with Crippen LogP contribution in [0.3, 0.4) is 0 Å². The summed E-state index contributed by atoms with van der Waals surface area (Å²) in [5, 5.41) is 3.46. The molecule has 1 aromatic carbocycles. The van der Waals surface area contributed by atoms with Crippen molar-refractivity contribution in [1.29, 1.82) is 0 Å². The molecule has 0 spiro atoms. The summed E-state index contributed by atoms with van der Waals surface area (Å²) in [6.07, 6.45) is 8.15. The molecule has 0 atom stereocenters. The first-order chi connectivity index (χ1) is 9.90. The molecule has 0 radical (unpaired) electrons. The zero-order valence-corrected chi connectivity index (χ0v) is 12.6. The summed E-state index contributed by atoms with van der Waals surface area (Å²) < 4.78 is 0. The molecule has 3 rings (SSSR count). The third kappa shape index (κ3) is 4.07. The third-order valence-corrected chi connectivity index (χ3v) is 4.83. The van der Waals surface area contributed by atoms with Crippen LogP contribution in [0, 0.1) is 5.92 Å². The highest BCUT2D eigenvalue weighted by molar-refractivity contribution is 5.24. The van der Waals surface area contributed by atoms with Gasteiger partial charge in [0.05, 0.1) is 0 Å². The lowest BCUT2D eigenvalue weighted by atomic mass is 9.90. The van der Waals surface area contributed by atoms with E-state index in [0.717, 1.165) is 12.5 Å². The maximum Gasteiger partial charge on any atom is 0.0233 e. The van der Waals surface area contributed by atoms with Gasteiger partial charge in [-0.15, -0.1) is 0 Å². The van der Waals surface area contributed by atoms with Crippen molar-refractivity contribution in [2.75, 3.05) is 26.2 Å². The highest BCUT2D eigenvalue weighted by Crippen LogP contribution is 2.20. The Kier molecular flexibility index (Phi) is 5.10. The van der Waals surface area contributed by atoms with Crippen LogP contribution in [0.15, 0.2) is 24.3 Å². The standard InChI is InChI=1S/C18H28N2/c1-2-11-20(12-3-1)15-18-6-4-5-17(14-18)13-16-7-9-19-10-8-16/h4-6,14,16,19H,1-3,7-13,15H2. The van der Waals surface area contributed by atoms with E-state index in [1.807, 2.05) is 0 Å². The van der Waals surface area contributed by atoms with Crippen molar-refractivity contribution < 1.29 is 0 Å². The fourth-order valence-corrected chi connectivity index (χ4v) is 3.65. The summed E-state index contributed by atoms with van der Waals surface area (Å²) in [6, 6.07) is 9.34. The molecule has 0 aromatic heterocycles. The highest BCUT2D eigenvalue weighted by atomic mass is 15.1. The molecule has 20 heavy (non-hydrogen) atoms. The van der Waals surface area contributed by atoms with E-state index < -0.39 is 0 Å². The van der Waals surface area contributed by atoms with Gasteiger partial charge in [-0.25, -0.2) is 0 Å². The number of rotatable bonds is 4. The molecule has 110 valence electrons. The highest BCUT2D eigenvalue weighted by Gasteiger charge is 2.14. The Morgan fingerprint density at radius 2 is 1.75 bits per heavy atom. The monoisotopic (exact) mass is 272 g/mol. The van der Waals surface area contributed by atoms with Crippen molar-refractivity contribution in [3.63, 3.8) is 0 Å². The molecule has 1 N–H and O–H groups in total. The van der Waals surface area contributed by atoms with Crippen LogP contribution in [-0.2, 0) is 13.0 Å². The van der Waals surface area contributed by atoms with Gasteiger partial charge in [-0.1, -0.05) is 30.7 Å². The molecular weight excluding hydrogens is 244 g/mol. The molecule has 0 amide bonds. The molecule has 2 heteroatoms. The van der Waals surface area contributed by atoms with E-state index in [1.54, 1.807) is 5.56 Å². The topological polar surface area (TPSA) is 15.3 Å². The minimum absolute atomic E-state index is 0.890. The van der Waals surface area contributed by atoms with E-state index in [2.05, 4.69) is 34.5 Å². The van der Waals surface area contributed by atoms with Gasteiger partial charge in [0.1, 0.15) is 0 Å². The normalized spacial score (nSPS) is 22.0. The Bertz CT molecular complexity index is 368. The molecule has 0 aliphatic carbocycles. The lowest BCUT2D eigenvalue weighted by Gasteiger charge is -2.27. The van der Waals surface area contributed by atoms with Crippen molar-refractivity contribution in [2.24, 2.45) is 5.92 Å². The summed E-state index contributed by atoms with van der Waals surface area (Å²) in [5.41, 5.74) is 3.06. The van der Waals surface area contributed by atoms with Gasteiger partial charge >= 0.3 is 0 Å². The first-order valence-corrected chi connectivity index (χ1v) is 8.41. The van der Waals surface area contributed by atoms with Gasteiger partial charge < -0.3 is 5.32 Å². The lowest BCUT2D eigenvalue weighted by molar-refractivity contribution is 0.221. The second-order valence-corrected chi connectivity index (χ2v) is 6.55. The molecular formula is C18H28N2. The van der Waals surface area contributed by atoms with E-state index >= 15 is 0 Å². The van der Waals surface area contributed by atoms with Crippen molar-refractivity contribution in [3.05, 3.63) is 35.4 Å². The molecule has 2 nitrogen and oxygen atoms in total. The van der Waals surface area contributed by atoms with E-state index in [9.17, 15) is 0 Å². The number of nitrogens with zero attached hydrogens (tertiary/aromatic N) is 1. The fourth-order valence-electron chi connectivity index (χ4n) is 3.65. The van der Waals surface area contributed by atoms with Crippen molar-refractivity contribution in [3.8, 4) is 0 Å². The lowest BCUT2D eigenvalue weighted by Crippen LogP contribution is -2.29. The third-order valence-electron chi connectivity index (χ3n) is 4.83. The van der Waals surface area contributed by atoms with Crippen LogP contribution in [0.5, 0.6) is 0 Å². The van der Waals surface area contributed by atoms with Gasteiger partial charge in [0.2, 0.25) is 0 Å². The quantitative estimate of drug-likeness (QED) is 0.905. The Morgan fingerprint density at radius 1 is 1.00 bits per heavy atom. The summed E-state index contributed by atoms with van der Waals surface area (Å²) in [7, 11) is 0. The van der Waals surface area contributed by atoms with Crippen molar-refractivity contribution in [2.45, 2.75) is 45.1 Å². The fraction of sp³-hybridized carbons (Fsp3) is 0.667. The van der Waals surface area contributed by atoms with E-state index in [1.165, 1.54) is 70.3 Å². The molecule has 0 bridgehead atoms. The zero-order chi connectivity index (χ0) is 13.6. The number of piperidine rings is 2. The average Bonchev–Trinajstić information content (AvgIpc) is 2.50. The van der Waals surface area contributed by atoms with Crippen molar-refractivity contribution >= 4 is 0 Å². The average molecular weight is 272 g/mol. The van der Waals surface area contributed by atoms with E-state index in [0.29, 0.717) is 0 Å². The summed E-state index contributed by atoms with van der Waals surface area (Å²) in [5.74, 6) is 0.890. The molecule has 2 heterocycles. The smallest absolute Gasteiger partial charge is 0.0233 e. The Balaban J connectivity index is 1.57. The van der Waals surface area contributed by atoms with Crippen LogP contribution >= 0.6 is 0 Å². The van der Waals surface area contributed by atoms with Crippen LogP contribution in [-0.4, -0.2) is 31.1 Å². The van der Waals surface area contributed by atoms with Gasteiger partial charge in [0.15, 0.2) is 0 Å². The zero-order valence-electron chi connectivity index (χ0n) is 12.6. The van der Waals surface area contributed by atoms with Crippen LogP contribution in [0.1, 0.15) is 43.2 Å². The number of hydrogen-bond donors (Lipinski definition) is 1. The minimum atomic E-state index is 0.890. The van der Waals surface area contributed by atoms with Gasteiger partial charge in [-0.05, 0) is 75.3 Å². The van der Waals surface area contributed by atoms with Crippen LogP contribution < -0.4 is 5.32 Å². The SMILES string of the molecule is c1cc(CC2CCNCC2)cc(CN2CCCCC2)c1. The number of hydrogen-bond acceptors (Lipinski definition) is 2. The van der Waals surface area contributed by atoms with Gasteiger partial charge in [0, 0.05) is 6.54 Å². The van der Waals surface area contributed by atoms with Crippen LogP contribution in [0.2, 0.25) is 0 Å². The van der Waals surface area contributed by atoms with Gasteiger partial charge in [-0.3, -0.25) is 4.90 Å². The van der Waals surface area contributed by atoms with Crippen molar-refractivity contribution in [1.82, 2.24) is 10.2 Å². The Labute approximate surface area is 123 Å². The second kappa shape index (κ2) is 7.24. The molecule has 0 unspecified atom stereocenters. The van der Waals surface area contributed by atoms with E-state index in [-0.39, 0.29) is 0 Å². The summed E-state index contributed by atoms with van der Waals surface area (Å²) >= 11 is 0. The molecule has 2 aliphatic heterocycles. The predicted molar refractivity (Wildman–Crippen MR) is 84.9 cm³/mol. The van der Waals surface area contributed by atoms with E-state index in [4.69, 9.17) is 0 Å². The first-order valence-electron chi connectivity index (χ1n) is 8.41. The molecule has 2 aliphatic rings. The van der Waals surface area contributed by atoms with Gasteiger partial charge in [-0.2, -0.15) is 0 Å². The molecule has 2 fully saturated rings. The summed E-state index contributed by atoms with van der Waals surface area (Å²) in [4.78, 5) is 2.62. The minimum Gasteiger partial charge on any atom is -0.317 e. The van der Waals surface area contributed by atoms with Crippen LogP contribution in [0.4, 0.5) is 0 Å².